The minimum Gasteiger partial charge on any atom is -0.466 e. The third-order valence-electron chi connectivity index (χ3n) is 4.71. The summed E-state index contributed by atoms with van der Waals surface area (Å²) in [6, 6.07) is 9.40. The summed E-state index contributed by atoms with van der Waals surface area (Å²) in [5.74, 6) is 0.406. The van der Waals surface area contributed by atoms with E-state index in [4.69, 9.17) is 4.74 Å². The van der Waals surface area contributed by atoms with Crippen molar-refractivity contribution in [2.75, 3.05) is 38.5 Å². The lowest BCUT2D eigenvalue weighted by atomic mass is 9.97. The van der Waals surface area contributed by atoms with E-state index >= 15 is 0 Å². The average molecular weight is 552 g/mol. The summed E-state index contributed by atoms with van der Waals surface area (Å²) in [4.78, 5) is 18.4. The molecule has 0 amide bonds. The highest BCUT2D eigenvalue weighted by Crippen LogP contribution is 2.18. The van der Waals surface area contributed by atoms with Crippen LogP contribution in [0.5, 0.6) is 0 Å². The number of nitrogens with zero attached hydrogens (tertiary/aromatic N) is 2. The molecule has 170 valence electrons. The Hall–Kier alpha value is -1.40. The largest absolute Gasteiger partial charge is 0.466 e. The van der Waals surface area contributed by atoms with Gasteiger partial charge < -0.3 is 15.0 Å². The fraction of sp³-hybridized carbons (Fsp3) is 0.600. The number of rotatable bonds is 9. The van der Waals surface area contributed by atoms with E-state index < -0.39 is 10.0 Å². The maximum atomic E-state index is 12.2. The summed E-state index contributed by atoms with van der Waals surface area (Å²) in [7, 11) is -3.41. The van der Waals surface area contributed by atoms with E-state index in [1.165, 1.54) is 0 Å². The molecule has 2 rings (SSSR count). The SMILES string of the molecule is CCNC(=NCCS(=O)(=O)NCc1ccccc1)N1CCC(C(=O)OCC)CC1.I. The Kier molecular flexibility index (Phi) is 12.3. The predicted molar refractivity (Wildman–Crippen MR) is 129 cm³/mol. The molecule has 1 saturated heterocycles. The van der Waals surface area contributed by atoms with Crippen LogP contribution < -0.4 is 10.0 Å². The molecule has 30 heavy (non-hydrogen) atoms. The molecule has 1 aromatic rings. The molecule has 0 unspecified atom stereocenters. The second-order valence-electron chi connectivity index (χ2n) is 6.87. The number of benzene rings is 1. The molecule has 0 atom stereocenters. The van der Waals surface area contributed by atoms with Gasteiger partial charge in [-0.1, -0.05) is 30.3 Å². The Labute approximate surface area is 196 Å². The van der Waals surface area contributed by atoms with E-state index in [2.05, 4.69) is 19.9 Å². The molecule has 0 aromatic heterocycles. The topological polar surface area (TPSA) is 100 Å². The van der Waals surface area contributed by atoms with Crippen molar-refractivity contribution in [2.24, 2.45) is 10.9 Å². The number of halogens is 1. The maximum absolute atomic E-state index is 12.2. The summed E-state index contributed by atoms with van der Waals surface area (Å²) in [5, 5.41) is 3.21. The third-order valence-corrected chi connectivity index (χ3v) is 6.01. The number of guanidine groups is 1. The van der Waals surface area contributed by atoms with Crippen LogP contribution in [0, 0.1) is 5.92 Å². The second kappa shape index (κ2) is 13.8. The number of carbonyl (C=O) groups excluding carboxylic acids is 1. The van der Waals surface area contributed by atoms with Crippen LogP contribution >= 0.6 is 24.0 Å². The van der Waals surface area contributed by atoms with Crippen LogP contribution in [0.1, 0.15) is 32.3 Å². The fourth-order valence-corrected chi connectivity index (χ4v) is 4.01. The number of carbonyl (C=O) groups is 1. The number of ether oxygens (including phenoxy) is 1. The molecule has 8 nitrogen and oxygen atoms in total. The molecule has 1 fully saturated rings. The highest BCUT2D eigenvalue weighted by molar-refractivity contribution is 14.0. The van der Waals surface area contributed by atoms with Crippen molar-refractivity contribution in [2.45, 2.75) is 33.2 Å². The summed E-state index contributed by atoms with van der Waals surface area (Å²) >= 11 is 0. The number of esters is 1. The normalized spacial score (nSPS) is 15.4. The van der Waals surface area contributed by atoms with Crippen LogP contribution in [0.15, 0.2) is 35.3 Å². The van der Waals surface area contributed by atoms with Gasteiger partial charge in [0.25, 0.3) is 0 Å². The van der Waals surface area contributed by atoms with Gasteiger partial charge in [0.2, 0.25) is 10.0 Å². The first kappa shape index (κ1) is 26.6. The molecular weight excluding hydrogens is 519 g/mol. The second-order valence-corrected chi connectivity index (χ2v) is 8.80. The maximum Gasteiger partial charge on any atom is 0.309 e. The van der Waals surface area contributed by atoms with Crippen molar-refractivity contribution < 1.29 is 17.9 Å². The molecule has 1 aliphatic heterocycles. The number of piperidine rings is 1. The van der Waals surface area contributed by atoms with Crippen molar-refractivity contribution in [1.82, 2.24) is 14.9 Å². The lowest BCUT2D eigenvalue weighted by Gasteiger charge is -2.33. The summed E-state index contributed by atoms with van der Waals surface area (Å²) in [5.41, 5.74) is 0.914. The van der Waals surface area contributed by atoms with Gasteiger partial charge in [0.1, 0.15) is 0 Å². The van der Waals surface area contributed by atoms with Crippen molar-refractivity contribution >= 4 is 45.9 Å². The Balaban J connectivity index is 0.00000450. The van der Waals surface area contributed by atoms with Gasteiger partial charge >= 0.3 is 5.97 Å². The van der Waals surface area contributed by atoms with Gasteiger partial charge in [0, 0.05) is 26.2 Å². The molecular formula is C20H33IN4O4S. The lowest BCUT2D eigenvalue weighted by molar-refractivity contribution is -0.149. The first-order valence-electron chi connectivity index (χ1n) is 10.2. The van der Waals surface area contributed by atoms with E-state index in [0.29, 0.717) is 45.0 Å². The molecule has 0 bridgehead atoms. The van der Waals surface area contributed by atoms with Crippen molar-refractivity contribution in [3.05, 3.63) is 35.9 Å². The molecule has 0 saturated carbocycles. The minimum absolute atomic E-state index is 0. The van der Waals surface area contributed by atoms with Gasteiger partial charge in [0.15, 0.2) is 5.96 Å². The smallest absolute Gasteiger partial charge is 0.309 e. The number of sulfonamides is 1. The Morgan fingerprint density at radius 3 is 2.47 bits per heavy atom. The number of aliphatic imine (C=N–C) groups is 1. The zero-order valence-electron chi connectivity index (χ0n) is 17.7. The fourth-order valence-electron chi connectivity index (χ4n) is 3.15. The van der Waals surface area contributed by atoms with Gasteiger partial charge in [-0.2, -0.15) is 0 Å². The highest BCUT2D eigenvalue weighted by Gasteiger charge is 2.27. The molecule has 1 aliphatic rings. The van der Waals surface area contributed by atoms with Gasteiger partial charge in [-0.25, -0.2) is 13.1 Å². The summed E-state index contributed by atoms with van der Waals surface area (Å²) < 4.78 is 32.2. The first-order valence-corrected chi connectivity index (χ1v) is 11.8. The molecule has 0 spiro atoms. The quantitative estimate of drug-likeness (QED) is 0.210. The number of nitrogens with one attached hydrogen (secondary N) is 2. The van der Waals surface area contributed by atoms with Gasteiger partial charge in [-0.15, -0.1) is 24.0 Å². The standard InChI is InChI=1S/C20H32N4O4S.HI/c1-3-21-20(24-13-10-18(11-14-24)19(25)28-4-2)22-12-15-29(26,27)23-16-17-8-6-5-7-9-17;/h5-9,18,23H,3-4,10-16H2,1-2H3,(H,21,22);1H. The first-order chi connectivity index (χ1) is 13.9. The number of hydrogen-bond acceptors (Lipinski definition) is 5. The van der Waals surface area contributed by atoms with Gasteiger partial charge in [-0.3, -0.25) is 9.79 Å². The molecule has 0 radical (unpaired) electrons. The molecule has 0 aliphatic carbocycles. The zero-order valence-corrected chi connectivity index (χ0v) is 20.8. The summed E-state index contributed by atoms with van der Waals surface area (Å²) in [6.45, 7) is 6.69. The van der Waals surface area contributed by atoms with E-state index in [1.807, 2.05) is 44.2 Å². The number of likely N-dealkylation sites (tertiary alicyclic amines) is 1. The lowest BCUT2D eigenvalue weighted by Crippen LogP contribution is -2.47. The van der Waals surface area contributed by atoms with Crippen LogP contribution in [-0.2, 0) is 26.1 Å². The van der Waals surface area contributed by atoms with Crippen LogP contribution in [0.3, 0.4) is 0 Å². The Morgan fingerprint density at radius 1 is 1.20 bits per heavy atom. The average Bonchev–Trinajstić information content (AvgIpc) is 2.73. The van der Waals surface area contributed by atoms with Crippen molar-refractivity contribution in [3.63, 3.8) is 0 Å². The van der Waals surface area contributed by atoms with Gasteiger partial charge in [-0.05, 0) is 32.3 Å². The van der Waals surface area contributed by atoms with Crippen LogP contribution in [0.25, 0.3) is 0 Å². The van der Waals surface area contributed by atoms with E-state index in [9.17, 15) is 13.2 Å². The zero-order chi connectivity index (χ0) is 21.1. The predicted octanol–water partition coefficient (Wildman–Crippen LogP) is 1.96. The van der Waals surface area contributed by atoms with Crippen LogP contribution in [0.2, 0.25) is 0 Å². The van der Waals surface area contributed by atoms with Crippen LogP contribution in [-0.4, -0.2) is 63.8 Å². The highest BCUT2D eigenvalue weighted by atomic mass is 127. The van der Waals surface area contributed by atoms with E-state index in [0.717, 1.165) is 5.56 Å². The minimum atomic E-state index is -3.41. The molecule has 1 heterocycles. The summed E-state index contributed by atoms with van der Waals surface area (Å²) in [6.07, 6.45) is 1.42. The molecule has 10 heteroatoms. The Morgan fingerprint density at radius 2 is 1.87 bits per heavy atom. The van der Waals surface area contributed by atoms with Crippen molar-refractivity contribution in [1.29, 1.82) is 0 Å². The Bertz CT molecular complexity index is 766. The monoisotopic (exact) mass is 552 g/mol. The van der Waals surface area contributed by atoms with Gasteiger partial charge in [0.05, 0.1) is 24.8 Å². The molecule has 1 aromatic carbocycles. The van der Waals surface area contributed by atoms with Crippen molar-refractivity contribution in [3.8, 4) is 0 Å². The van der Waals surface area contributed by atoms with E-state index in [1.54, 1.807) is 0 Å². The van der Waals surface area contributed by atoms with Crippen LogP contribution in [0.4, 0.5) is 0 Å². The molecule has 2 N–H and O–H groups in total. The number of hydrogen-bond donors (Lipinski definition) is 2. The van der Waals surface area contributed by atoms with E-state index in [-0.39, 0.29) is 54.7 Å². The third kappa shape index (κ3) is 9.17.